The van der Waals surface area contributed by atoms with E-state index in [1.165, 1.54) is 19.3 Å². The minimum Gasteiger partial charge on any atom is -0.396 e. The lowest BCUT2D eigenvalue weighted by atomic mass is 9.85. The first-order chi connectivity index (χ1) is 7.58. The predicted octanol–water partition coefficient (Wildman–Crippen LogP) is 1.85. The summed E-state index contributed by atoms with van der Waals surface area (Å²) in [6, 6.07) is 0. The van der Waals surface area contributed by atoms with Gasteiger partial charge in [0.15, 0.2) is 0 Å². The molecule has 0 aliphatic heterocycles. The van der Waals surface area contributed by atoms with Crippen LogP contribution in [-0.2, 0) is 0 Å². The molecule has 98 valence electrons. The smallest absolute Gasteiger partial charge is 0.0431 e. The van der Waals surface area contributed by atoms with Gasteiger partial charge in [-0.15, -0.1) is 0 Å². The summed E-state index contributed by atoms with van der Waals surface area (Å²) in [5, 5.41) is 8.70. The van der Waals surface area contributed by atoms with Gasteiger partial charge in [0.2, 0.25) is 0 Å². The summed E-state index contributed by atoms with van der Waals surface area (Å²) in [6.07, 6.45) is 5.62. The van der Waals surface area contributed by atoms with E-state index in [-0.39, 0.29) is 5.41 Å². The molecule has 0 saturated carbocycles. The highest BCUT2D eigenvalue weighted by atomic mass is 16.2. The molecule has 0 bridgehead atoms. The van der Waals surface area contributed by atoms with E-state index in [1.54, 1.807) is 0 Å². The van der Waals surface area contributed by atoms with Gasteiger partial charge in [-0.2, -0.15) is 0 Å². The lowest BCUT2D eigenvalue weighted by molar-refractivity contribution is 0.181. The summed E-state index contributed by atoms with van der Waals surface area (Å²) in [5.74, 6) is 0. The van der Waals surface area contributed by atoms with Gasteiger partial charge in [0.25, 0.3) is 0 Å². The minimum atomic E-state index is 0.264. The molecule has 3 N–H and O–H groups in total. The SMILES string of the molecule is CCCC(C)(CN)CN(C)CCCCCO. The van der Waals surface area contributed by atoms with E-state index < -0.39 is 0 Å². The normalized spacial score (nSPS) is 15.4. The second-order valence-corrected chi connectivity index (χ2v) is 5.29. The van der Waals surface area contributed by atoms with E-state index in [1.807, 2.05) is 0 Å². The molecule has 0 fully saturated rings. The molecule has 3 nitrogen and oxygen atoms in total. The summed E-state index contributed by atoms with van der Waals surface area (Å²) >= 11 is 0. The average Bonchev–Trinajstić information content (AvgIpc) is 2.25. The van der Waals surface area contributed by atoms with Crippen molar-refractivity contribution in [3.8, 4) is 0 Å². The monoisotopic (exact) mass is 230 g/mol. The van der Waals surface area contributed by atoms with E-state index in [0.29, 0.717) is 6.61 Å². The molecule has 1 unspecified atom stereocenters. The van der Waals surface area contributed by atoms with Crippen LogP contribution in [0.5, 0.6) is 0 Å². The van der Waals surface area contributed by atoms with Crippen LogP contribution >= 0.6 is 0 Å². The molecule has 0 spiro atoms. The predicted molar refractivity (Wildman–Crippen MR) is 70.5 cm³/mol. The molecule has 0 aliphatic rings. The number of aliphatic hydroxyl groups is 1. The number of nitrogens with zero attached hydrogens (tertiary/aromatic N) is 1. The maximum absolute atomic E-state index is 8.70. The highest BCUT2D eigenvalue weighted by Gasteiger charge is 2.22. The Morgan fingerprint density at radius 3 is 2.44 bits per heavy atom. The number of aliphatic hydroxyl groups excluding tert-OH is 1. The topological polar surface area (TPSA) is 49.5 Å². The summed E-state index contributed by atoms with van der Waals surface area (Å²) in [7, 11) is 2.17. The Kier molecular flexibility index (Phi) is 8.90. The van der Waals surface area contributed by atoms with Crippen molar-refractivity contribution < 1.29 is 5.11 Å². The Morgan fingerprint density at radius 1 is 1.25 bits per heavy atom. The average molecular weight is 230 g/mol. The fourth-order valence-corrected chi connectivity index (χ4v) is 2.25. The third kappa shape index (κ3) is 7.20. The molecule has 0 amide bonds. The van der Waals surface area contributed by atoms with Crippen LogP contribution in [0.1, 0.15) is 46.0 Å². The van der Waals surface area contributed by atoms with Gasteiger partial charge in [-0.05, 0) is 51.2 Å². The van der Waals surface area contributed by atoms with Crippen LogP contribution in [0.3, 0.4) is 0 Å². The first-order valence-electron chi connectivity index (χ1n) is 6.57. The Labute approximate surface area is 101 Å². The molecular formula is C13H30N2O. The molecule has 1 atom stereocenters. The maximum Gasteiger partial charge on any atom is 0.0431 e. The zero-order chi connectivity index (χ0) is 12.4. The number of unbranched alkanes of at least 4 members (excludes halogenated alkanes) is 2. The van der Waals surface area contributed by atoms with Gasteiger partial charge in [0.05, 0.1) is 0 Å². The number of nitrogens with two attached hydrogens (primary N) is 1. The van der Waals surface area contributed by atoms with Crippen LogP contribution in [0.4, 0.5) is 0 Å². The van der Waals surface area contributed by atoms with E-state index in [4.69, 9.17) is 10.8 Å². The van der Waals surface area contributed by atoms with E-state index in [0.717, 1.165) is 32.5 Å². The molecule has 0 aromatic carbocycles. The molecule has 16 heavy (non-hydrogen) atoms. The Balaban J connectivity index is 3.77. The molecule has 0 saturated heterocycles. The summed E-state index contributed by atoms with van der Waals surface area (Å²) < 4.78 is 0. The van der Waals surface area contributed by atoms with Gasteiger partial charge in [0, 0.05) is 13.2 Å². The molecule has 0 heterocycles. The second kappa shape index (κ2) is 8.97. The largest absolute Gasteiger partial charge is 0.396 e. The Hall–Kier alpha value is -0.120. The van der Waals surface area contributed by atoms with Crippen LogP contribution < -0.4 is 5.73 Å². The van der Waals surface area contributed by atoms with Crippen LogP contribution in [0.25, 0.3) is 0 Å². The summed E-state index contributed by atoms with van der Waals surface area (Å²) in [5.41, 5.74) is 6.12. The maximum atomic E-state index is 8.70. The highest BCUT2D eigenvalue weighted by Crippen LogP contribution is 2.22. The summed E-state index contributed by atoms with van der Waals surface area (Å²) in [6.45, 7) is 7.77. The van der Waals surface area contributed by atoms with Crippen molar-refractivity contribution in [2.24, 2.45) is 11.1 Å². The third-order valence-corrected chi connectivity index (χ3v) is 3.20. The Morgan fingerprint density at radius 2 is 1.94 bits per heavy atom. The van der Waals surface area contributed by atoms with E-state index in [2.05, 4.69) is 25.8 Å². The molecule has 0 aromatic rings. The van der Waals surface area contributed by atoms with Crippen LogP contribution in [0, 0.1) is 5.41 Å². The number of hydrogen-bond acceptors (Lipinski definition) is 3. The standard InChI is InChI=1S/C13H30N2O/c1-4-8-13(2,11-14)12-15(3)9-6-5-7-10-16/h16H,4-12,14H2,1-3H3. The third-order valence-electron chi connectivity index (χ3n) is 3.20. The fourth-order valence-electron chi connectivity index (χ4n) is 2.25. The van der Waals surface area contributed by atoms with Crippen LogP contribution in [0.15, 0.2) is 0 Å². The van der Waals surface area contributed by atoms with Crippen LogP contribution in [-0.4, -0.2) is 43.3 Å². The van der Waals surface area contributed by atoms with Crippen molar-refractivity contribution in [2.45, 2.75) is 46.0 Å². The zero-order valence-corrected chi connectivity index (χ0v) is 11.3. The summed E-state index contributed by atoms with van der Waals surface area (Å²) in [4.78, 5) is 2.37. The van der Waals surface area contributed by atoms with Crippen molar-refractivity contribution in [1.82, 2.24) is 4.90 Å². The molecular weight excluding hydrogens is 200 g/mol. The van der Waals surface area contributed by atoms with Crippen LogP contribution in [0.2, 0.25) is 0 Å². The van der Waals surface area contributed by atoms with Crippen molar-refractivity contribution in [1.29, 1.82) is 0 Å². The van der Waals surface area contributed by atoms with Crippen molar-refractivity contribution in [3.05, 3.63) is 0 Å². The molecule has 0 rings (SSSR count). The van der Waals surface area contributed by atoms with Gasteiger partial charge >= 0.3 is 0 Å². The van der Waals surface area contributed by atoms with E-state index in [9.17, 15) is 0 Å². The molecule has 3 heteroatoms. The lowest BCUT2D eigenvalue weighted by Crippen LogP contribution is -2.39. The van der Waals surface area contributed by atoms with Crippen molar-refractivity contribution in [2.75, 3.05) is 33.3 Å². The zero-order valence-electron chi connectivity index (χ0n) is 11.3. The van der Waals surface area contributed by atoms with Gasteiger partial charge < -0.3 is 15.7 Å². The van der Waals surface area contributed by atoms with E-state index >= 15 is 0 Å². The minimum absolute atomic E-state index is 0.264. The number of rotatable bonds is 10. The highest BCUT2D eigenvalue weighted by molar-refractivity contribution is 4.78. The lowest BCUT2D eigenvalue weighted by Gasteiger charge is -2.32. The van der Waals surface area contributed by atoms with Gasteiger partial charge in [-0.3, -0.25) is 0 Å². The quantitative estimate of drug-likeness (QED) is 0.563. The first-order valence-corrected chi connectivity index (χ1v) is 6.57. The fraction of sp³-hybridized carbons (Fsp3) is 1.00. The number of hydrogen-bond donors (Lipinski definition) is 2. The molecule has 0 aliphatic carbocycles. The van der Waals surface area contributed by atoms with Crippen molar-refractivity contribution >= 4 is 0 Å². The molecule has 0 radical (unpaired) electrons. The Bertz CT molecular complexity index is 164. The van der Waals surface area contributed by atoms with Gasteiger partial charge in [-0.1, -0.05) is 20.3 Å². The van der Waals surface area contributed by atoms with Crippen molar-refractivity contribution in [3.63, 3.8) is 0 Å². The van der Waals surface area contributed by atoms with Gasteiger partial charge in [-0.25, -0.2) is 0 Å². The second-order valence-electron chi connectivity index (χ2n) is 5.29. The van der Waals surface area contributed by atoms with Gasteiger partial charge in [0.1, 0.15) is 0 Å². The first kappa shape index (κ1) is 15.9. The molecule has 0 aromatic heterocycles.